The highest BCUT2D eigenvalue weighted by Gasteiger charge is 2.26. The predicted octanol–water partition coefficient (Wildman–Crippen LogP) is 2.34. The van der Waals surface area contributed by atoms with Gasteiger partial charge in [0.25, 0.3) is 5.56 Å². The number of ether oxygens (including phenoxy) is 4. The summed E-state index contributed by atoms with van der Waals surface area (Å²) in [5.74, 6) is 1.29. The molecule has 0 radical (unpaired) electrons. The maximum Gasteiger partial charge on any atom is 0.316 e. The molecule has 1 aliphatic heterocycles. The topological polar surface area (TPSA) is 101 Å². The van der Waals surface area contributed by atoms with E-state index in [0.29, 0.717) is 30.7 Å². The molecule has 1 saturated heterocycles. The fourth-order valence-corrected chi connectivity index (χ4v) is 4.50. The van der Waals surface area contributed by atoms with E-state index in [-0.39, 0.29) is 17.8 Å². The summed E-state index contributed by atoms with van der Waals surface area (Å²) in [6, 6.07) is 4.41. The number of morpholine rings is 1. The van der Waals surface area contributed by atoms with E-state index in [2.05, 4.69) is 19.9 Å². The van der Waals surface area contributed by atoms with Crippen molar-refractivity contribution in [3.8, 4) is 17.5 Å². The van der Waals surface area contributed by atoms with Crippen LogP contribution >= 0.6 is 0 Å². The highest BCUT2D eigenvalue weighted by Crippen LogP contribution is 2.33. The standard InChI is InChI=1S/C24H29N5O5/c1-28-22(30)15-25-20-11-16(29-7-9-32-10-8-29)12-21(23(20)28)33-17-3-5-18(6-4-17)34-24-26-13-19(31-2)14-27-24/h11-15,17-18H,3-10H2,1-2H3/t17-,18+. The summed E-state index contributed by atoms with van der Waals surface area (Å²) >= 11 is 0. The van der Waals surface area contributed by atoms with Gasteiger partial charge in [-0.15, -0.1) is 0 Å². The molecule has 0 amide bonds. The molecule has 10 nitrogen and oxygen atoms in total. The van der Waals surface area contributed by atoms with Crippen molar-refractivity contribution in [3.05, 3.63) is 41.1 Å². The SMILES string of the molecule is COc1cnc(O[C@H]2CC[C@@H](Oc3cc(N4CCOCC4)cc4ncc(=O)n(C)c34)CC2)nc1. The van der Waals surface area contributed by atoms with Gasteiger partial charge in [-0.1, -0.05) is 0 Å². The van der Waals surface area contributed by atoms with E-state index in [1.807, 2.05) is 12.1 Å². The van der Waals surface area contributed by atoms with Gasteiger partial charge in [-0.3, -0.25) is 4.79 Å². The Balaban J connectivity index is 1.31. The number of hydrogen-bond acceptors (Lipinski definition) is 9. The van der Waals surface area contributed by atoms with E-state index in [4.69, 9.17) is 18.9 Å². The summed E-state index contributed by atoms with van der Waals surface area (Å²) in [5, 5.41) is 0. The lowest BCUT2D eigenvalue weighted by Gasteiger charge is -2.31. The van der Waals surface area contributed by atoms with Gasteiger partial charge in [0.05, 0.1) is 50.5 Å². The second kappa shape index (κ2) is 9.84. The first-order valence-corrected chi connectivity index (χ1v) is 11.6. The molecule has 1 aliphatic carbocycles. The van der Waals surface area contributed by atoms with Crippen LogP contribution in [0.4, 0.5) is 5.69 Å². The molecule has 0 atom stereocenters. The fraction of sp³-hybridized carbons (Fsp3) is 0.500. The van der Waals surface area contributed by atoms with Gasteiger partial charge in [0.2, 0.25) is 0 Å². The second-order valence-electron chi connectivity index (χ2n) is 8.61. The van der Waals surface area contributed by atoms with Crippen molar-refractivity contribution in [2.45, 2.75) is 37.9 Å². The van der Waals surface area contributed by atoms with Crippen molar-refractivity contribution in [2.24, 2.45) is 7.05 Å². The van der Waals surface area contributed by atoms with Crippen LogP contribution in [0.5, 0.6) is 17.5 Å². The number of methoxy groups -OCH3 is 1. The lowest BCUT2D eigenvalue weighted by molar-refractivity contribution is 0.0755. The number of fused-ring (bicyclic) bond motifs is 1. The lowest BCUT2D eigenvalue weighted by atomic mass is 9.95. The second-order valence-corrected chi connectivity index (χ2v) is 8.61. The van der Waals surface area contributed by atoms with Gasteiger partial charge in [-0.2, -0.15) is 9.97 Å². The summed E-state index contributed by atoms with van der Waals surface area (Å²) in [6.07, 6.45) is 7.95. The predicted molar refractivity (Wildman–Crippen MR) is 126 cm³/mol. The number of benzene rings is 1. The quantitative estimate of drug-likeness (QED) is 0.541. The van der Waals surface area contributed by atoms with Crippen LogP contribution in [0.2, 0.25) is 0 Å². The Kier molecular flexibility index (Phi) is 6.48. The summed E-state index contributed by atoms with van der Waals surface area (Å²) in [6.45, 7) is 3.01. The molecule has 180 valence electrons. The molecule has 3 heterocycles. The van der Waals surface area contributed by atoms with Crippen molar-refractivity contribution in [1.82, 2.24) is 19.5 Å². The minimum absolute atomic E-state index is 0.0232. The Morgan fingerprint density at radius 1 is 0.941 bits per heavy atom. The number of nitrogens with zero attached hydrogens (tertiary/aromatic N) is 5. The van der Waals surface area contributed by atoms with E-state index >= 15 is 0 Å². The molecule has 0 spiro atoms. The van der Waals surface area contributed by atoms with Crippen LogP contribution in [0.3, 0.4) is 0 Å². The summed E-state index contributed by atoms with van der Waals surface area (Å²) in [5.41, 5.74) is 2.34. The van der Waals surface area contributed by atoms with E-state index in [0.717, 1.165) is 55.5 Å². The normalized spacial score (nSPS) is 20.8. The first kappa shape index (κ1) is 22.4. The van der Waals surface area contributed by atoms with Crippen molar-refractivity contribution >= 4 is 16.7 Å². The highest BCUT2D eigenvalue weighted by molar-refractivity contribution is 5.85. The van der Waals surface area contributed by atoms with Crippen LogP contribution in [-0.4, -0.2) is 65.1 Å². The molecule has 0 N–H and O–H groups in total. The number of aryl methyl sites for hydroxylation is 1. The zero-order valence-electron chi connectivity index (χ0n) is 19.5. The molecule has 1 aromatic carbocycles. The average Bonchev–Trinajstić information content (AvgIpc) is 2.88. The molecular weight excluding hydrogens is 438 g/mol. The molecule has 34 heavy (non-hydrogen) atoms. The van der Waals surface area contributed by atoms with Crippen LogP contribution in [0, 0.1) is 0 Å². The Bertz CT molecular complexity index is 1180. The first-order valence-electron chi connectivity index (χ1n) is 11.6. The Labute approximate surface area is 197 Å². The monoisotopic (exact) mass is 467 g/mol. The largest absolute Gasteiger partial charge is 0.494 e. The average molecular weight is 468 g/mol. The highest BCUT2D eigenvalue weighted by atomic mass is 16.5. The number of aromatic nitrogens is 4. The number of rotatable bonds is 6. The smallest absolute Gasteiger partial charge is 0.316 e. The van der Waals surface area contributed by atoms with Crippen molar-refractivity contribution < 1.29 is 18.9 Å². The summed E-state index contributed by atoms with van der Waals surface area (Å²) < 4.78 is 24.7. The molecule has 0 bridgehead atoms. The molecule has 0 unspecified atom stereocenters. The Morgan fingerprint density at radius 2 is 1.62 bits per heavy atom. The third-order valence-electron chi connectivity index (χ3n) is 6.42. The number of hydrogen-bond donors (Lipinski definition) is 0. The minimum Gasteiger partial charge on any atom is -0.494 e. The zero-order valence-corrected chi connectivity index (χ0v) is 19.5. The number of anilines is 1. The van der Waals surface area contributed by atoms with Gasteiger partial charge < -0.3 is 28.4 Å². The van der Waals surface area contributed by atoms with E-state index < -0.39 is 0 Å². The van der Waals surface area contributed by atoms with E-state index in [9.17, 15) is 4.79 Å². The third-order valence-corrected chi connectivity index (χ3v) is 6.42. The van der Waals surface area contributed by atoms with Gasteiger partial charge >= 0.3 is 6.01 Å². The van der Waals surface area contributed by atoms with Crippen LogP contribution < -0.4 is 24.7 Å². The van der Waals surface area contributed by atoms with E-state index in [1.54, 1.807) is 31.1 Å². The molecular formula is C24H29N5O5. The molecule has 1 saturated carbocycles. The Morgan fingerprint density at radius 3 is 2.29 bits per heavy atom. The van der Waals surface area contributed by atoms with Crippen molar-refractivity contribution in [3.63, 3.8) is 0 Å². The van der Waals surface area contributed by atoms with Crippen LogP contribution in [0.15, 0.2) is 35.5 Å². The molecule has 3 aromatic rings. The van der Waals surface area contributed by atoms with Gasteiger partial charge in [0.1, 0.15) is 17.4 Å². The lowest BCUT2D eigenvalue weighted by Crippen LogP contribution is -2.36. The van der Waals surface area contributed by atoms with Gasteiger partial charge in [0.15, 0.2) is 5.75 Å². The molecule has 2 aliphatic rings. The van der Waals surface area contributed by atoms with Gasteiger partial charge in [-0.25, -0.2) is 4.98 Å². The van der Waals surface area contributed by atoms with Gasteiger partial charge in [-0.05, 0) is 31.7 Å². The summed E-state index contributed by atoms with van der Waals surface area (Å²) in [7, 11) is 3.33. The molecule has 2 fully saturated rings. The third kappa shape index (κ3) is 4.77. The molecule has 5 rings (SSSR count). The van der Waals surface area contributed by atoms with Crippen molar-refractivity contribution in [2.75, 3.05) is 38.3 Å². The summed E-state index contributed by atoms with van der Waals surface area (Å²) in [4.78, 5) is 27.4. The first-order chi connectivity index (χ1) is 16.6. The van der Waals surface area contributed by atoms with Crippen LogP contribution in [0.1, 0.15) is 25.7 Å². The van der Waals surface area contributed by atoms with Gasteiger partial charge in [0, 0.05) is 31.9 Å². The minimum atomic E-state index is -0.159. The van der Waals surface area contributed by atoms with Crippen molar-refractivity contribution in [1.29, 1.82) is 0 Å². The maximum atomic E-state index is 12.3. The molecule has 10 heteroatoms. The molecule has 2 aromatic heterocycles. The van der Waals surface area contributed by atoms with Crippen LogP contribution in [0.25, 0.3) is 11.0 Å². The van der Waals surface area contributed by atoms with Crippen LogP contribution in [-0.2, 0) is 11.8 Å². The van der Waals surface area contributed by atoms with E-state index in [1.165, 1.54) is 6.20 Å². The Hall–Kier alpha value is -3.40. The zero-order chi connectivity index (χ0) is 23.5. The maximum absolute atomic E-state index is 12.3. The fourth-order valence-electron chi connectivity index (χ4n) is 4.50.